The Bertz CT molecular complexity index is 460. The Morgan fingerprint density at radius 1 is 1.32 bits per heavy atom. The van der Waals surface area contributed by atoms with Crippen LogP contribution in [0.15, 0.2) is 41.5 Å². The fourth-order valence-corrected chi connectivity index (χ4v) is 2.24. The maximum absolute atomic E-state index is 12.1. The van der Waals surface area contributed by atoms with E-state index >= 15 is 0 Å². The molecule has 1 aliphatic rings. The molecule has 0 bridgehead atoms. The first-order valence-electron chi connectivity index (χ1n) is 6.69. The van der Waals surface area contributed by atoms with Gasteiger partial charge in [0.15, 0.2) is 0 Å². The molecule has 0 unspecified atom stereocenters. The summed E-state index contributed by atoms with van der Waals surface area (Å²) in [5, 5.41) is 0. The SMILES string of the molecule is CC(C)C1=C(C(=O)OCc2ccccc2)COCC1. The number of rotatable bonds is 4. The minimum absolute atomic E-state index is 0.243. The van der Waals surface area contributed by atoms with Crippen LogP contribution in [0.2, 0.25) is 0 Å². The third-order valence-electron chi connectivity index (χ3n) is 3.31. The second kappa shape index (κ2) is 6.53. The Labute approximate surface area is 114 Å². The molecule has 3 heteroatoms. The van der Waals surface area contributed by atoms with Crippen molar-refractivity contribution >= 4 is 5.97 Å². The van der Waals surface area contributed by atoms with Gasteiger partial charge in [-0.3, -0.25) is 0 Å². The predicted molar refractivity (Wildman–Crippen MR) is 73.5 cm³/mol. The third kappa shape index (κ3) is 3.67. The molecule has 0 saturated heterocycles. The number of ether oxygens (including phenoxy) is 2. The number of hydrogen-bond donors (Lipinski definition) is 0. The third-order valence-corrected chi connectivity index (χ3v) is 3.31. The molecule has 2 rings (SSSR count). The molecule has 0 aliphatic carbocycles. The highest BCUT2D eigenvalue weighted by Crippen LogP contribution is 2.24. The largest absolute Gasteiger partial charge is 0.457 e. The first kappa shape index (κ1) is 13.8. The molecule has 0 radical (unpaired) electrons. The van der Waals surface area contributed by atoms with E-state index in [4.69, 9.17) is 9.47 Å². The van der Waals surface area contributed by atoms with Crippen LogP contribution in [-0.2, 0) is 20.9 Å². The van der Waals surface area contributed by atoms with Crippen molar-refractivity contribution in [2.75, 3.05) is 13.2 Å². The highest BCUT2D eigenvalue weighted by molar-refractivity contribution is 5.90. The average molecular weight is 260 g/mol. The van der Waals surface area contributed by atoms with E-state index in [1.807, 2.05) is 30.3 Å². The van der Waals surface area contributed by atoms with Crippen molar-refractivity contribution in [3.63, 3.8) is 0 Å². The van der Waals surface area contributed by atoms with Crippen LogP contribution in [0.25, 0.3) is 0 Å². The summed E-state index contributed by atoms with van der Waals surface area (Å²) in [5.74, 6) is 0.121. The Kier molecular flexibility index (Phi) is 4.74. The molecule has 0 spiro atoms. The van der Waals surface area contributed by atoms with Crippen molar-refractivity contribution in [1.29, 1.82) is 0 Å². The first-order valence-corrected chi connectivity index (χ1v) is 6.69. The molecular formula is C16H20O3. The monoisotopic (exact) mass is 260 g/mol. The topological polar surface area (TPSA) is 35.5 Å². The summed E-state index contributed by atoms with van der Waals surface area (Å²) in [5.41, 5.74) is 2.88. The number of carbonyl (C=O) groups is 1. The highest BCUT2D eigenvalue weighted by atomic mass is 16.5. The molecule has 1 heterocycles. The normalized spacial score (nSPS) is 15.7. The van der Waals surface area contributed by atoms with Gasteiger partial charge in [-0.05, 0) is 17.9 Å². The van der Waals surface area contributed by atoms with Crippen LogP contribution in [0.4, 0.5) is 0 Å². The van der Waals surface area contributed by atoms with Gasteiger partial charge in [0, 0.05) is 0 Å². The van der Waals surface area contributed by atoms with E-state index in [0.717, 1.165) is 12.0 Å². The number of carbonyl (C=O) groups excluding carboxylic acids is 1. The van der Waals surface area contributed by atoms with Gasteiger partial charge in [-0.1, -0.05) is 49.8 Å². The molecule has 0 atom stereocenters. The van der Waals surface area contributed by atoms with Gasteiger partial charge in [0.05, 0.1) is 18.8 Å². The molecule has 1 aliphatic heterocycles. The Morgan fingerprint density at radius 3 is 2.74 bits per heavy atom. The van der Waals surface area contributed by atoms with Gasteiger partial charge in [0.2, 0.25) is 0 Å². The second-order valence-electron chi connectivity index (χ2n) is 5.02. The summed E-state index contributed by atoms with van der Waals surface area (Å²) in [4.78, 5) is 12.1. The van der Waals surface area contributed by atoms with Gasteiger partial charge in [-0.25, -0.2) is 4.79 Å². The quantitative estimate of drug-likeness (QED) is 0.780. The highest BCUT2D eigenvalue weighted by Gasteiger charge is 2.22. The summed E-state index contributed by atoms with van der Waals surface area (Å²) in [6.07, 6.45) is 0.827. The van der Waals surface area contributed by atoms with E-state index in [0.29, 0.717) is 31.3 Å². The lowest BCUT2D eigenvalue weighted by molar-refractivity contribution is -0.141. The molecule has 0 aromatic heterocycles. The van der Waals surface area contributed by atoms with Gasteiger partial charge in [0.1, 0.15) is 6.61 Å². The minimum Gasteiger partial charge on any atom is -0.457 e. The lowest BCUT2D eigenvalue weighted by Gasteiger charge is -2.22. The first-order chi connectivity index (χ1) is 9.18. The minimum atomic E-state index is -0.243. The molecule has 1 aromatic rings. The van der Waals surface area contributed by atoms with E-state index in [1.165, 1.54) is 5.57 Å². The Hall–Kier alpha value is -1.61. The van der Waals surface area contributed by atoms with E-state index < -0.39 is 0 Å². The fourth-order valence-electron chi connectivity index (χ4n) is 2.24. The van der Waals surface area contributed by atoms with Gasteiger partial charge in [-0.2, -0.15) is 0 Å². The standard InChI is InChI=1S/C16H20O3/c1-12(2)14-8-9-18-11-15(14)16(17)19-10-13-6-4-3-5-7-13/h3-7,12H,8-11H2,1-2H3. The summed E-state index contributed by atoms with van der Waals surface area (Å²) in [7, 11) is 0. The summed E-state index contributed by atoms with van der Waals surface area (Å²) >= 11 is 0. The van der Waals surface area contributed by atoms with Gasteiger partial charge in [-0.15, -0.1) is 0 Å². The van der Waals surface area contributed by atoms with Crippen molar-refractivity contribution in [2.45, 2.75) is 26.9 Å². The molecule has 0 amide bonds. The zero-order chi connectivity index (χ0) is 13.7. The molecule has 19 heavy (non-hydrogen) atoms. The fraction of sp³-hybridized carbons (Fsp3) is 0.438. The van der Waals surface area contributed by atoms with Crippen molar-refractivity contribution in [2.24, 2.45) is 5.92 Å². The number of esters is 1. The molecule has 0 N–H and O–H groups in total. The molecule has 0 fully saturated rings. The molecule has 102 valence electrons. The van der Waals surface area contributed by atoms with Crippen LogP contribution in [-0.4, -0.2) is 19.2 Å². The number of hydrogen-bond acceptors (Lipinski definition) is 3. The second-order valence-corrected chi connectivity index (χ2v) is 5.02. The van der Waals surface area contributed by atoms with Crippen LogP contribution >= 0.6 is 0 Å². The smallest absolute Gasteiger partial charge is 0.336 e. The summed E-state index contributed by atoms with van der Waals surface area (Å²) in [6.45, 7) is 5.59. The van der Waals surface area contributed by atoms with Gasteiger partial charge < -0.3 is 9.47 Å². The summed E-state index contributed by atoms with van der Waals surface area (Å²) < 4.78 is 10.7. The number of benzene rings is 1. The van der Waals surface area contributed by atoms with Gasteiger partial charge in [0.25, 0.3) is 0 Å². The van der Waals surface area contributed by atoms with Crippen LogP contribution < -0.4 is 0 Å². The Balaban J connectivity index is 2.02. The van der Waals surface area contributed by atoms with Gasteiger partial charge >= 0.3 is 5.97 Å². The molecular weight excluding hydrogens is 240 g/mol. The molecule has 1 aromatic carbocycles. The predicted octanol–water partition coefficient (Wildman–Crippen LogP) is 3.10. The lowest BCUT2D eigenvalue weighted by Crippen LogP contribution is -2.22. The Morgan fingerprint density at radius 2 is 2.05 bits per heavy atom. The van der Waals surface area contributed by atoms with E-state index in [2.05, 4.69) is 13.8 Å². The van der Waals surface area contributed by atoms with Crippen molar-refractivity contribution < 1.29 is 14.3 Å². The zero-order valence-corrected chi connectivity index (χ0v) is 11.5. The molecule has 0 saturated carbocycles. The van der Waals surface area contributed by atoms with Crippen molar-refractivity contribution in [3.05, 3.63) is 47.0 Å². The van der Waals surface area contributed by atoms with E-state index in [1.54, 1.807) is 0 Å². The van der Waals surface area contributed by atoms with Crippen LogP contribution in [0, 0.1) is 5.92 Å². The van der Waals surface area contributed by atoms with E-state index in [-0.39, 0.29) is 5.97 Å². The molecule has 3 nitrogen and oxygen atoms in total. The van der Waals surface area contributed by atoms with Crippen LogP contribution in [0.1, 0.15) is 25.8 Å². The average Bonchev–Trinajstić information content (AvgIpc) is 2.46. The maximum Gasteiger partial charge on any atom is 0.336 e. The van der Waals surface area contributed by atoms with Crippen LogP contribution in [0.5, 0.6) is 0 Å². The van der Waals surface area contributed by atoms with Crippen molar-refractivity contribution in [3.8, 4) is 0 Å². The van der Waals surface area contributed by atoms with E-state index in [9.17, 15) is 4.79 Å². The van der Waals surface area contributed by atoms with Crippen molar-refractivity contribution in [1.82, 2.24) is 0 Å². The summed E-state index contributed by atoms with van der Waals surface area (Å²) in [6, 6.07) is 9.71. The lowest BCUT2D eigenvalue weighted by atomic mass is 9.93. The zero-order valence-electron chi connectivity index (χ0n) is 11.5. The maximum atomic E-state index is 12.1. The van der Waals surface area contributed by atoms with Crippen LogP contribution in [0.3, 0.4) is 0 Å².